The molecule has 2 aromatic carbocycles. The number of likely N-dealkylation sites (tertiary alicyclic amines) is 2. The Morgan fingerprint density at radius 1 is 0.903 bits per heavy atom. The van der Waals surface area contributed by atoms with Crippen molar-refractivity contribution >= 4 is 11.7 Å². The molecule has 0 saturated carbocycles. The highest BCUT2D eigenvalue weighted by Gasteiger charge is 2.45. The quantitative estimate of drug-likeness (QED) is 0.617. The fourth-order valence-corrected chi connectivity index (χ4v) is 5.18. The van der Waals surface area contributed by atoms with Gasteiger partial charge in [-0.3, -0.25) is 9.59 Å². The predicted molar refractivity (Wildman–Crippen MR) is 124 cm³/mol. The molecule has 4 heteroatoms. The van der Waals surface area contributed by atoms with Gasteiger partial charge in [-0.2, -0.15) is 0 Å². The molecule has 2 saturated heterocycles. The Balaban J connectivity index is 1.39. The van der Waals surface area contributed by atoms with Crippen molar-refractivity contribution in [1.82, 2.24) is 9.80 Å². The number of amides is 1. The van der Waals surface area contributed by atoms with E-state index in [0.717, 1.165) is 70.4 Å². The van der Waals surface area contributed by atoms with E-state index >= 15 is 0 Å². The molecule has 0 aromatic heterocycles. The Bertz CT molecular complexity index is 894. The van der Waals surface area contributed by atoms with Crippen LogP contribution in [0.1, 0.15) is 60.0 Å². The van der Waals surface area contributed by atoms with Crippen LogP contribution in [0.3, 0.4) is 0 Å². The monoisotopic (exact) mass is 418 g/mol. The summed E-state index contributed by atoms with van der Waals surface area (Å²) in [6, 6.07) is 18.1. The molecule has 2 aromatic rings. The SMILES string of the molecule is Cc1cccc(C2(C(=O)N3CCCC3)CCN(CCCC(=O)c3ccccc3)CC2)c1. The third kappa shape index (κ3) is 4.90. The number of piperidine rings is 1. The molecule has 1 amide bonds. The summed E-state index contributed by atoms with van der Waals surface area (Å²) in [6.45, 7) is 6.65. The Labute approximate surface area is 186 Å². The van der Waals surface area contributed by atoms with E-state index in [0.29, 0.717) is 12.3 Å². The second kappa shape index (κ2) is 9.78. The van der Waals surface area contributed by atoms with Gasteiger partial charge < -0.3 is 9.80 Å². The van der Waals surface area contributed by atoms with E-state index in [2.05, 4.69) is 41.0 Å². The van der Waals surface area contributed by atoms with E-state index in [1.807, 2.05) is 30.3 Å². The maximum absolute atomic E-state index is 13.7. The Morgan fingerprint density at radius 2 is 1.61 bits per heavy atom. The molecule has 2 aliphatic rings. The molecule has 0 atom stereocenters. The average molecular weight is 419 g/mol. The first kappa shape index (κ1) is 21.8. The Morgan fingerprint density at radius 3 is 2.29 bits per heavy atom. The first-order valence-electron chi connectivity index (χ1n) is 11.8. The molecule has 31 heavy (non-hydrogen) atoms. The highest BCUT2D eigenvalue weighted by molar-refractivity contribution is 5.95. The molecule has 2 aliphatic heterocycles. The van der Waals surface area contributed by atoms with Gasteiger partial charge in [0.2, 0.25) is 5.91 Å². The van der Waals surface area contributed by atoms with Crippen LogP contribution in [0.5, 0.6) is 0 Å². The summed E-state index contributed by atoms with van der Waals surface area (Å²) < 4.78 is 0. The van der Waals surface area contributed by atoms with Crippen molar-refractivity contribution < 1.29 is 9.59 Å². The molecular formula is C27H34N2O2. The van der Waals surface area contributed by atoms with Crippen molar-refractivity contribution in [2.24, 2.45) is 0 Å². The molecule has 2 heterocycles. The molecule has 0 N–H and O–H groups in total. The fourth-order valence-electron chi connectivity index (χ4n) is 5.18. The molecule has 0 aliphatic carbocycles. The highest BCUT2D eigenvalue weighted by Crippen LogP contribution is 2.38. The average Bonchev–Trinajstić information content (AvgIpc) is 3.34. The van der Waals surface area contributed by atoms with Crippen LogP contribution in [-0.2, 0) is 10.2 Å². The first-order chi connectivity index (χ1) is 15.1. The van der Waals surface area contributed by atoms with Gasteiger partial charge in [-0.15, -0.1) is 0 Å². The fraction of sp³-hybridized carbons (Fsp3) is 0.481. The van der Waals surface area contributed by atoms with E-state index in [1.54, 1.807) is 0 Å². The lowest BCUT2D eigenvalue weighted by molar-refractivity contribution is -0.138. The van der Waals surface area contributed by atoms with Gasteiger partial charge in [0.15, 0.2) is 5.78 Å². The van der Waals surface area contributed by atoms with Crippen LogP contribution >= 0.6 is 0 Å². The largest absolute Gasteiger partial charge is 0.342 e. The number of carbonyl (C=O) groups excluding carboxylic acids is 2. The van der Waals surface area contributed by atoms with Crippen molar-refractivity contribution in [2.45, 2.75) is 50.9 Å². The lowest BCUT2D eigenvalue weighted by atomic mass is 9.71. The Hall–Kier alpha value is -2.46. The topological polar surface area (TPSA) is 40.6 Å². The number of nitrogens with zero attached hydrogens (tertiary/aromatic N) is 2. The van der Waals surface area contributed by atoms with Gasteiger partial charge >= 0.3 is 0 Å². The molecule has 164 valence electrons. The molecule has 0 unspecified atom stereocenters. The van der Waals surface area contributed by atoms with E-state index in [9.17, 15) is 9.59 Å². The summed E-state index contributed by atoms with van der Waals surface area (Å²) in [4.78, 5) is 30.6. The zero-order valence-corrected chi connectivity index (χ0v) is 18.7. The van der Waals surface area contributed by atoms with Crippen molar-refractivity contribution in [3.63, 3.8) is 0 Å². The maximum atomic E-state index is 13.7. The second-order valence-corrected chi connectivity index (χ2v) is 9.19. The third-order valence-corrected chi connectivity index (χ3v) is 7.06. The van der Waals surface area contributed by atoms with Crippen LogP contribution < -0.4 is 0 Å². The van der Waals surface area contributed by atoms with E-state index in [1.165, 1.54) is 11.1 Å². The summed E-state index contributed by atoms with van der Waals surface area (Å²) in [7, 11) is 0. The number of ketones is 1. The molecule has 0 radical (unpaired) electrons. The normalized spacial score (nSPS) is 18.8. The number of Topliss-reactive ketones (excluding diaryl/α,β-unsaturated/α-hetero) is 1. The zero-order chi connectivity index (χ0) is 21.7. The van der Waals surface area contributed by atoms with Gasteiger partial charge in [0.25, 0.3) is 0 Å². The van der Waals surface area contributed by atoms with Crippen LogP contribution in [0.25, 0.3) is 0 Å². The maximum Gasteiger partial charge on any atom is 0.233 e. The number of aryl methyl sites for hydroxylation is 1. The van der Waals surface area contributed by atoms with Gasteiger partial charge in [0.1, 0.15) is 0 Å². The molecule has 0 spiro atoms. The molecular weight excluding hydrogens is 384 g/mol. The van der Waals surface area contributed by atoms with Gasteiger partial charge in [-0.25, -0.2) is 0 Å². The standard InChI is InChI=1S/C27H34N2O2/c1-22-9-7-12-24(21-22)27(26(31)29-17-5-6-18-29)14-19-28(20-15-27)16-8-13-25(30)23-10-3-2-4-11-23/h2-4,7,9-12,21H,5-6,8,13-20H2,1H3. The van der Waals surface area contributed by atoms with Crippen molar-refractivity contribution in [1.29, 1.82) is 0 Å². The van der Waals surface area contributed by atoms with Gasteiger partial charge in [0.05, 0.1) is 5.41 Å². The van der Waals surface area contributed by atoms with Gasteiger partial charge in [-0.1, -0.05) is 60.2 Å². The third-order valence-electron chi connectivity index (χ3n) is 7.06. The first-order valence-corrected chi connectivity index (χ1v) is 11.8. The molecule has 4 nitrogen and oxygen atoms in total. The number of rotatable bonds is 7. The minimum atomic E-state index is -0.396. The van der Waals surface area contributed by atoms with Crippen molar-refractivity contribution in [3.8, 4) is 0 Å². The van der Waals surface area contributed by atoms with E-state index in [4.69, 9.17) is 0 Å². The number of hydrogen-bond acceptors (Lipinski definition) is 3. The van der Waals surface area contributed by atoms with Crippen molar-refractivity contribution in [2.75, 3.05) is 32.7 Å². The molecule has 4 rings (SSSR count). The summed E-state index contributed by atoms with van der Waals surface area (Å²) in [5, 5.41) is 0. The Kier molecular flexibility index (Phi) is 6.86. The minimum Gasteiger partial charge on any atom is -0.342 e. The second-order valence-electron chi connectivity index (χ2n) is 9.19. The van der Waals surface area contributed by atoms with Crippen LogP contribution in [0.15, 0.2) is 54.6 Å². The van der Waals surface area contributed by atoms with Crippen LogP contribution in [0.4, 0.5) is 0 Å². The predicted octanol–water partition coefficient (Wildman–Crippen LogP) is 4.61. The van der Waals surface area contributed by atoms with Gasteiger partial charge in [0, 0.05) is 25.1 Å². The lowest BCUT2D eigenvalue weighted by Crippen LogP contribution is -2.52. The van der Waals surface area contributed by atoms with Crippen LogP contribution in [0.2, 0.25) is 0 Å². The minimum absolute atomic E-state index is 0.218. The number of benzene rings is 2. The molecule has 0 bridgehead atoms. The lowest BCUT2D eigenvalue weighted by Gasteiger charge is -2.43. The van der Waals surface area contributed by atoms with Crippen LogP contribution in [0, 0.1) is 6.92 Å². The number of hydrogen-bond donors (Lipinski definition) is 0. The summed E-state index contributed by atoms with van der Waals surface area (Å²) in [5.74, 6) is 0.547. The van der Waals surface area contributed by atoms with E-state index in [-0.39, 0.29) is 5.78 Å². The van der Waals surface area contributed by atoms with Crippen molar-refractivity contribution in [3.05, 3.63) is 71.3 Å². The summed E-state index contributed by atoms with van der Waals surface area (Å²) in [6.07, 6.45) is 5.41. The van der Waals surface area contributed by atoms with E-state index < -0.39 is 5.41 Å². The zero-order valence-electron chi connectivity index (χ0n) is 18.7. The van der Waals surface area contributed by atoms with Crippen LogP contribution in [-0.4, -0.2) is 54.2 Å². The summed E-state index contributed by atoms with van der Waals surface area (Å²) in [5.41, 5.74) is 2.80. The highest BCUT2D eigenvalue weighted by atomic mass is 16.2. The number of carbonyl (C=O) groups is 2. The molecule has 2 fully saturated rings. The van der Waals surface area contributed by atoms with Gasteiger partial charge in [-0.05, 0) is 64.2 Å². The smallest absolute Gasteiger partial charge is 0.233 e. The summed E-state index contributed by atoms with van der Waals surface area (Å²) >= 11 is 0.